The van der Waals surface area contributed by atoms with Crippen molar-refractivity contribution in [3.05, 3.63) is 53.3 Å². The number of amides is 1. The van der Waals surface area contributed by atoms with Crippen molar-refractivity contribution in [1.82, 2.24) is 4.98 Å². The lowest BCUT2D eigenvalue weighted by molar-refractivity contribution is -0.116. The Hall–Kier alpha value is -2.56. The van der Waals surface area contributed by atoms with Gasteiger partial charge in [-0.2, -0.15) is 0 Å². The van der Waals surface area contributed by atoms with E-state index in [1.165, 1.54) is 5.56 Å². The summed E-state index contributed by atoms with van der Waals surface area (Å²) in [5, 5.41) is 11.7. The van der Waals surface area contributed by atoms with E-state index in [4.69, 9.17) is 5.11 Å². The van der Waals surface area contributed by atoms with Gasteiger partial charge in [-0.05, 0) is 31.4 Å². The number of anilines is 1. The Bertz CT molecular complexity index is 632. The van der Waals surface area contributed by atoms with Crippen molar-refractivity contribution in [3.8, 4) is 0 Å². The fourth-order valence-corrected chi connectivity index (χ4v) is 2.17. The first-order valence-electron chi connectivity index (χ1n) is 6.83. The van der Waals surface area contributed by atoms with Crippen LogP contribution >= 0.6 is 0 Å². The number of H-pyrrole nitrogens is 1. The third-order valence-corrected chi connectivity index (χ3v) is 3.15. The van der Waals surface area contributed by atoms with Crippen molar-refractivity contribution in [1.29, 1.82) is 0 Å². The third-order valence-electron chi connectivity index (χ3n) is 3.15. The molecule has 0 fully saturated rings. The highest BCUT2D eigenvalue weighted by Gasteiger charge is 2.15. The van der Waals surface area contributed by atoms with Crippen LogP contribution in [0.5, 0.6) is 0 Å². The smallest absolute Gasteiger partial charge is 0.354 e. The van der Waals surface area contributed by atoms with Crippen molar-refractivity contribution in [2.75, 3.05) is 5.32 Å². The second-order valence-corrected chi connectivity index (χ2v) is 4.93. The minimum atomic E-state index is -1.08. The van der Waals surface area contributed by atoms with E-state index >= 15 is 0 Å². The maximum Gasteiger partial charge on any atom is 0.354 e. The summed E-state index contributed by atoms with van der Waals surface area (Å²) in [6.45, 7) is 1.75. The van der Waals surface area contributed by atoms with Gasteiger partial charge < -0.3 is 15.4 Å². The van der Waals surface area contributed by atoms with Gasteiger partial charge in [0, 0.05) is 12.1 Å². The molecule has 110 valence electrons. The summed E-state index contributed by atoms with van der Waals surface area (Å²) in [6.07, 6.45) is 1.91. The highest BCUT2D eigenvalue weighted by Crippen LogP contribution is 2.17. The molecule has 1 aromatic heterocycles. The second-order valence-electron chi connectivity index (χ2n) is 4.93. The first-order chi connectivity index (χ1) is 10.1. The first-order valence-corrected chi connectivity index (χ1v) is 6.83. The Kier molecular flexibility index (Phi) is 4.77. The number of aromatic carboxylic acids is 1. The largest absolute Gasteiger partial charge is 0.477 e. The Morgan fingerprint density at radius 2 is 1.95 bits per heavy atom. The lowest BCUT2D eigenvalue weighted by Gasteiger charge is -2.04. The standard InChI is InChI=1S/C16H18N2O3/c1-11-10-13(15(17-11)16(20)21)18-14(19)9-5-8-12-6-3-2-4-7-12/h2-4,6-7,10,17H,5,8-9H2,1H3,(H,18,19)(H,20,21). The first kappa shape index (κ1) is 14.8. The van der Waals surface area contributed by atoms with Crippen LogP contribution in [-0.2, 0) is 11.2 Å². The average Bonchev–Trinajstić information content (AvgIpc) is 2.81. The lowest BCUT2D eigenvalue weighted by atomic mass is 10.1. The normalized spacial score (nSPS) is 10.3. The van der Waals surface area contributed by atoms with Crippen molar-refractivity contribution in [2.24, 2.45) is 0 Å². The van der Waals surface area contributed by atoms with Crippen LogP contribution in [0.1, 0.15) is 34.6 Å². The van der Waals surface area contributed by atoms with Gasteiger partial charge in [-0.1, -0.05) is 30.3 Å². The van der Waals surface area contributed by atoms with E-state index in [9.17, 15) is 9.59 Å². The van der Waals surface area contributed by atoms with Gasteiger partial charge in [0.05, 0.1) is 5.69 Å². The van der Waals surface area contributed by atoms with E-state index in [-0.39, 0.29) is 11.6 Å². The number of carbonyl (C=O) groups excluding carboxylic acids is 1. The predicted octanol–water partition coefficient (Wildman–Crippen LogP) is 2.98. The number of benzene rings is 1. The summed E-state index contributed by atoms with van der Waals surface area (Å²) in [4.78, 5) is 25.6. The van der Waals surface area contributed by atoms with Gasteiger partial charge in [-0.15, -0.1) is 0 Å². The summed E-state index contributed by atoms with van der Waals surface area (Å²) < 4.78 is 0. The molecule has 3 N–H and O–H groups in total. The molecule has 0 aliphatic heterocycles. The molecule has 5 heteroatoms. The van der Waals surface area contributed by atoms with Crippen LogP contribution in [-0.4, -0.2) is 22.0 Å². The van der Waals surface area contributed by atoms with Crippen molar-refractivity contribution in [2.45, 2.75) is 26.2 Å². The quantitative estimate of drug-likeness (QED) is 0.763. The van der Waals surface area contributed by atoms with Crippen molar-refractivity contribution in [3.63, 3.8) is 0 Å². The molecule has 0 saturated carbocycles. The van der Waals surface area contributed by atoms with Crippen LogP contribution in [0.15, 0.2) is 36.4 Å². The molecule has 0 atom stereocenters. The van der Waals surface area contributed by atoms with E-state index in [2.05, 4.69) is 10.3 Å². The summed E-state index contributed by atoms with van der Waals surface area (Å²) >= 11 is 0. The number of carbonyl (C=O) groups is 2. The number of aromatic nitrogens is 1. The van der Waals surface area contributed by atoms with E-state index in [0.29, 0.717) is 17.8 Å². The molecule has 21 heavy (non-hydrogen) atoms. The minimum absolute atomic E-state index is 0.0175. The fourth-order valence-electron chi connectivity index (χ4n) is 2.17. The fraction of sp³-hybridized carbons (Fsp3) is 0.250. The molecule has 0 bridgehead atoms. The molecule has 0 radical (unpaired) electrons. The number of hydrogen-bond acceptors (Lipinski definition) is 2. The zero-order chi connectivity index (χ0) is 15.2. The number of carboxylic acid groups (broad SMARTS) is 1. The Morgan fingerprint density at radius 1 is 1.24 bits per heavy atom. The minimum Gasteiger partial charge on any atom is -0.477 e. The molecule has 1 aromatic carbocycles. The SMILES string of the molecule is Cc1cc(NC(=O)CCCc2ccccc2)c(C(=O)O)[nH]1. The van der Waals surface area contributed by atoms with Gasteiger partial charge in [0.2, 0.25) is 5.91 Å². The number of carboxylic acids is 1. The monoisotopic (exact) mass is 286 g/mol. The van der Waals surface area contributed by atoms with Crippen LogP contribution in [0.25, 0.3) is 0 Å². The number of hydrogen-bond donors (Lipinski definition) is 3. The number of aryl methyl sites for hydroxylation is 2. The van der Waals surface area contributed by atoms with E-state index in [0.717, 1.165) is 12.8 Å². The van der Waals surface area contributed by atoms with Gasteiger partial charge in [0.1, 0.15) is 5.69 Å². The molecule has 0 saturated heterocycles. The molecule has 1 heterocycles. The third kappa shape index (κ3) is 4.21. The molecular weight excluding hydrogens is 268 g/mol. The number of aromatic amines is 1. The summed E-state index contributed by atoms with van der Waals surface area (Å²) in [6, 6.07) is 11.6. The maximum atomic E-state index is 11.9. The highest BCUT2D eigenvalue weighted by atomic mass is 16.4. The van der Waals surface area contributed by atoms with Gasteiger partial charge >= 0.3 is 5.97 Å². The van der Waals surface area contributed by atoms with Crippen LogP contribution in [0, 0.1) is 6.92 Å². The Morgan fingerprint density at radius 3 is 2.62 bits per heavy atom. The summed E-state index contributed by atoms with van der Waals surface area (Å²) in [7, 11) is 0. The second kappa shape index (κ2) is 6.74. The molecule has 0 aliphatic carbocycles. The highest BCUT2D eigenvalue weighted by molar-refractivity contribution is 5.99. The molecule has 2 aromatic rings. The lowest BCUT2D eigenvalue weighted by Crippen LogP contribution is -2.13. The van der Waals surface area contributed by atoms with Crippen molar-refractivity contribution >= 4 is 17.6 Å². The van der Waals surface area contributed by atoms with Crippen molar-refractivity contribution < 1.29 is 14.7 Å². The molecule has 0 unspecified atom stereocenters. The zero-order valence-corrected chi connectivity index (χ0v) is 11.8. The summed E-state index contributed by atoms with van der Waals surface area (Å²) in [5.41, 5.74) is 2.23. The summed E-state index contributed by atoms with van der Waals surface area (Å²) in [5.74, 6) is -1.25. The zero-order valence-electron chi connectivity index (χ0n) is 11.8. The topological polar surface area (TPSA) is 82.2 Å². The van der Waals surface area contributed by atoms with Crippen LogP contribution in [0.2, 0.25) is 0 Å². The van der Waals surface area contributed by atoms with Crippen LogP contribution < -0.4 is 5.32 Å². The maximum absolute atomic E-state index is 11.9. The van der Waals surface area contributed by atoms with Gasteiger partial charge in [0.25, 0.3) is 0 Å². The molecule has 0 aliphatic rings. The Balaban J connectivity index is 1.86. The molecule has 2 rings (SSSR count). The molecule has 0 spiro atoms. The van der Waals surface area contributed by atoms with E-state index < -0.39 is 5.97 Å². The van der Waals surface area contributed by atoms with E-state index in [1.54, 1.807) is 13.0 Å². The average molecular weight is 286 g/mol. The van der Waals surface area contributed by atoms with E-state index in [1.807, 2.05) is 30.3 Å². The van der Waals surface area contributed by atoms with Gasteiger partial charge in [-0.3, -0.25) is 4.79 Å². The Labute approximate surface area is 123 Å². The van der Waals surface area contributed by atoms with Gasteiger partial charge in [0.15, 0.2) is 0 Å². The molecular formula is C16H18N2O3. The predicted molar refractivity (Wildman–Crippen MR) is 80.5 cm³/mol. The number of rotatable bonds is 6. The number of nitrogens with one attached hydrogen (secondary N) is 2. The van der Waals surface area contributed by atoms with Crippen LogP contribution in [0.3, 0.4) is 0 Å². The van der Waals surface area contributed by atoms with Crippen LogP contribution in [0.4, 0.5) is 5.69 Å². The van der Waals surface area contributed by atoms with Gasteiger partial charge in [-0.25, -0.2) is 4.79 Å². The molecule has 1 amide bonds. The molecule has 5 nitrogen and oxygen atoms in total.